The quantitative estimate of drug-likeness (QED) is 0.877. The SMILES string of the molecule is CC(C)c1cccc(NC(=O)c2ccc(F)cc2)c1. The van der Waals surface area contributed by atoms with Gasteiger partial charge in [0.25, 0.3) is 5.91 Å². The van der Waals surface area contributed by atoms with Crippen molar-refractivity contribution in [1.82, 2.24) is 0 Å². The molecule has 0 bridgehead atoms. The van der Waals surface area contributed by atoms with Crippen molar-refractivity contribution in [3.05, 3.63) is 65.5 Å². The minimum absolute atomic E-state index is 0.235. The molecule has 0 spiro atoms. The van der Waals surface area contributed by atoms with Crippen molar-refractivity contribution in [2.45, 2.75) is 19.8 Å². The van der Waals surface area contributed by atoms with Crippen LogP contribution in [-0.4, -0.2) is 5.91 Å². The van der Waals surface area contributed by atoms with Gasteiger partial charge in [0, 0.05) is 11.3 Å². The van der Waals surface area contributed by atoms with E-state index in [1.54, 1.807) is 0 Å². The average molecular weight is 257 g/mol. The number of amides is 1. The number of carbonyl (C=O) groups is 1. The number of hydrogen-bond acceptors (Lipinski definition) is 1. The minimum Gasteiger partial charge on any atom is -0.322 e. The lowest BCUT2D eigenvalue weighted by Gasteiger charge is -2.09. The van der Waals surface area contributed by atoms with Crippen molar-refractivity contribution in [2.24, 2.45) is 0 Å². The first kappa shape index (κ1) is 13.3. The molecule has 0 aliphatic heterocycles. The summed E-state index contributed by atoms with van der Waals surface area (Å²) in [6, 6.07) is 13.2. The van der Waals surface area contributed by atoms with E-state index in [-0.39, 0.29) is 11.7 Å². The fraction of sp³-hybridized carbons (Fsp3) is 0.188. The van der Waals surface area contributed by atoms with Crippen LogP contribution in [0.2, 0.25) is 0 Å². The molecule has 3 heteroatoms. The monoisotopic (exact) mass is 257 g/mol. The summed E-state index contributed by atoms with van der Waals surface area (Å²) in [6.45, 7) is 4.20. The lowest BCUT2D eigenvalue weighted by atomic mass is 10.0. The summed E-state index contributed by atoms with van der Waals surface area (Å²) in [5, 5.41) is 2.81. The van der Waals surface area contributed by atoms with Gasteiger partial charge in [0.2, 0.25) is 0 Å². The molecule has 0 aliphatic carbocycles. The summed E-state index contributed by atoms with van der Waals surface area (Å²) in [5.74, 6) is -0.179. The first-order chi connectivity index (χ1) is 9.06. The Kier molecular flexibility index (Phi) is 3.95. The molecule has 1 amide bonds. The van der Waals surface area contributed by atoms with E-state index < -0.39 is 0 Å². The largest absolute Gasteiger partial charge is 0.322 e. The molecular weight excluding hydrogens is 241 g/mol. The van der Waals surface area contributed by atoms with Crippen LogP contribution in [0.25, 0.3) is 0 Å². The van der Waals surface area contributed by atoms with Crippen LogP contribution in [0.1, 0.15) is 35.7 Å². The molecule has 0 heterocycles. The lowest BCUT2D eigenvalue weighted by Crippen LogP contribution is -2.12. The van der Waals surface area contributed by atoms with E-state index in [1.807, 2.05) is 24.3 Å². The minimum atomic E-state index is -0.349. The number of nitrogens with one attached hydrogen (secondary N) is 1. The van der Waals surface area contributed by atoms with Crippen LogP contribution < -0.4 is 5.32 Å². The van der Waals surface area contributed by atoms with Gasteiger partial charge in [0.05, 0.1) is 0 Å². The number of halogens is 1. The van der Waals surface area contributed by atoms with Crippen molar-refractivity contribution in [3.8, 4) is 0 Å². The van der Waals surface area contributed by atoms with Gasteiger partial charge in [-0.3, -0.25) is 4.79 Å². The maximum atomic E-state index is 12.8. The Bertz CT molecular complexity index is 576. The van der Waals surface area contributed by atoms with Crippen molar-refractivity contribution < 1.29 is 9.18 Å². The van der Waals surface area contributed by atoms with Crippen LogP contribution in [0, 0.1) is 5.82 Å². The fourth-order valence-electron chi connectivity index (χ4n) is 1.78. The van der Waals surface area contributed by atoms with Crippen LogP contribution in [0.3, 0.4) is 0 Å². The number of carbonyl (C=O) groups excluding carboxylic acids is 1. The molecule has 0 radical (unpaired) electrons. The van der Waals surface area contributed by atoms with Crippen molar-refractivity contribution in [1.29, 1.82) is 0 Å². The van der Waals surface area contributed by atoms with E-state index in [0.29, 0.717) is 11.5 Å². The van der Waals surface area contributed by atoms with E-state index in [1.165, 1.54) is 24.3 Å². The zero-order chi connectivity index (χ0) is 13.8. The molecule has 0 unspecified atom stereocenters. The van der Waals surface area contributed by atoms with E-state index in [0.717, 1.165) is 11.3 Å². The standard InChI is InChI=1S/C16H16FNO/c1-11(2)13-4-3-5-15(10-13)18-16(19)12-6-8-14(17)9-7-12/h3-11H,1-2H3,(H,18,19). The molecule has 0 aromatic heterocycles. The average Bonchev–Trinajstić information content (AvgIpc) is 2.39. The first-order valence-electron chi connectivity index (χ1n) is 6.23. The van der Waals surface area contributed by atoms with E-state index in [4.69, 9.17) is 0 Å². The Balaban J connectivity index is 2.14. The third kappa shape index (κ3) is 3.41. The van der Waals surface area contributed by atoms with Gasteiger partial charge in [0.1, 0.15) is 5.82 Å². The molecule has 2 rings (SSSR count). The molecular formula is C16H16FNO. The number of rotatable bonds is 3. The normalized spacial score (nSPS) is 10.5. The highest BCUT2D eigenvalue weighted by Gasteiger charge is 2.07. The van der Waals surface area contributed by atoms with Gasteiger partial charge in [-0.1, -0.05) is 26.0 Å². The summed E-state index contributed by atoms with van der Waals surface area (Å²) in [7, 11) is 0. The van der Waals surface area contributed by atoms with Crippen molar-refractivity contribution in [2.75, 3.05) is 5.32 Å². The van der Waals surface area contributed by atoms with Crippen LogP contribution in [0.15, 0.2) is 48.5 Å². The molecule has 98 valence electrons. The number of benzene rings is 2. The number of hydrogen-bond donors (Lipinski definition) is 1. The predicted octanol–water partition coefficient (Wildman–Crippen LogP) is 4.20. The Morgan fingerprint density at radius 3 is 2.42 bits per heavy atom. The second-order valence-electron chi connectivity index (χ2n) is 4.74. The maximum Gasteiger partial charge on any atom is 0.255 e. The maximum absolute atomic E-state index is 12.8. The van der Waals surface area contributed by atoms with Gasteiger partial charge in [-0.15, -0.1) is 0 Å². The summed E-state index contributed by atoms with van der Waals surface area (Å²) in [5.41, 5.74) is 2.36. The van der Waals surface area contributed by atoms with Gasteiger partial charge in [0.15, 0.2) is 0 Å². The molecule has 0 fully saturated rings. The highest BCUT2D eigenvalue weighted by Crippen LogP contribution is 2.19. The van der Waals surface area contributed by atoms with Crippen LogP contribution in [0.5, 0.6) is 0 Å². The van der Waals surface area contributed by atoms with Gasteiger partial charge in [-0.05, 0) is 47.9 Å². The summed E-state index contributed by atoms with van der Waals surface area (Å²) < 4.78 is 12.8. The van der Waals surface area contributed by atoms with Crippen LogP contribution in [0.4, 0.5) is 10.1 Å². The van der Waals surface area contributed by atoms with Crippen LogP contribution in [-0.2, 0) is 0 Å². The second-order valence-corrected chi connectivity index (χ2v) is 4.74. The molecule has 0 saturated carbocycles. The summed E-state index contributed by atoms with van der Waals surface area (Å²) in [4.78, 5) is 12.0. The fourth-order valence-corrected chi connectivity index (χ4v) is 1.78. The van der Waals surface area contributed by atoms with Gasteiger partial charge in [-0.2, -0.15) is 0 Å². The van der Waals surface area contributed by atoms with Gasteiger partial charge in [-0.25, -0.2) is 4.39 Å². The summed E-state index contributed by atoms with van der Waals surface area (Å²) >= 11 is 0. The molecule has 2 nitrogen and oxygen atoms in total. The predicted molar refractivity (Wildman–Crippen MR) is 74.9 cm³/mol. The van der Waals surface area contributed by atoms with Gasteiger partial charge >= 0.3 is 0 Å². The van der Waals surface area contributed by atoms with Crippen molar-refractivity contribution in [3.63, 3.8) is 0 Å². The van der Waals surface area contributed by atoms with Crippen LogP contribution >= 0.6 is 0 Å². The highest BCUT2D eigenvalue weighted by molar-refractivity contribution is 6.04. The second kappa shape index (κ2) is 5.65. The van der Waals surface area contributed by atoms with E-state index in [2.05, 4.69) is 19.2 Å². The third-order valence-electron chi connectivity index (χ3n) is 2.92. The summed E-state index contributed by atoms with van der Waals surface area (Å²) in [6.07, 6.45) is 0. The first-order valence-corrected chi connectivity index (χ1v) is 6.23. The Morgan fingerprint density at radius 2 is 1.79 bits per heavy atom. The molecule has 0 saturated heterocycles. The highest BCUT2D eigenvalue weighted by atomic mass is 19.1. The Hall–Kier alpha value is -2.16. The molecule has 0 aliphatic rings. The van der Waals surface area contributed by atoms with E-state index >= 15 is 0 Å². The molecule has 1 N–H and O–H groups in total. The molecule has 2 aromatic carbocycles. The smallest absolute Gasteiger partial charge is 0.255 e. The topological polar surface area (TPSA) is 29.1 Å². The molecule has 2 aromatic rings. The lowest BCUT2D eigenvalue weighted by molar-refractivity contribution is 0.102. The van der Waals surface area contributed by atoms with Crippen molar-refractivity contribution >= 4 is 11.6 Å². The Labute approximate surface area is 112 Å². The zero-order valence-corrected chi connectivity index (χ0v) is 11.0. The number of anilines is 1. The zero-order valence-electron chi connectivity index (χ0n) is 11.0. The molecule has 19 heavy (non-hydrogen) atoms. The van der Waals surface area contributed by atoms with Gasteiger partial charge < -0.3 is 5.32 Å². The Morgan fingerprint density at radius 1 is 1.11 bits per heavy atom. The van der Waals surface area contributed by atoms with E-state index in [9.17, 15) is 9.18 Å². The molecule has 0 atom stereocenters. The third-order valence-corrected chi connectivity index (χ3v) is 2.92.